The minimum Gasteiger partial charge on any atom is -0.396 e. The molecule has 1 saturated carbocycles. The standard InChI is InChI=1S/C19H24N2O/c1-2-12-10-21-8-7-19-15-5-3-4-6-16(15)20-18(19)14(11-22)13(12)9-17(19)21/h2-6,13-14,17-18,20,22H,7-11H2,1H3/b12-2+/t13-,14+,17+,18+,19+/m0/s1. The van der Waals surface area contributed by atoms with Gasteiger partial charge in [0.1, 0.15) is 0 Å². The number of piperidine rings is 1. The molecule has 1 aromatic rings. The van der Waals surface area contributed by atoms with Gasteiger partial charge < -0.3 is 10.4 Å². The lowest BCUT2D eigenvalue weighted by Crippen LogP contribution is -2.62. The number of para-hydroxylation sites is 1. The van der Waals surface area contributed by atoms with Gasteiger partial charge in [0.05, 0.1) is 0 Å². The molecule has 4 aliphatic rings. The van der Waals surface area contributed by atoms with Gasteiger partial charge in [-0.25, -0.2) is 0 Å². The molecular weight excluding hydrogens is 272 g/mol. The lowest BCUT2D eigenvalue weighted by Gasteiger charge is -2.54. The molecule has 0 unspecified atom stereocenters. The monoisotopic (exact) mass is 296 g/mol. The smallest absolute Gasteiger partial charge is 0.0484 e. The fourth-order valence-electron chi connectivity index (χ4n) is 6.13. The molecule has 3 aliphatic heterocycles. The van der Waals surface area contributed by atoms with E-state index in [4.69, 9.17) is 0 Å². The number of anilines is 1. The van der Waals surface area contributed by atoms with E-state index < -0.39 is 0 Å². The topological polar surface area (TPSA) is 35.5 Å². The fourth-order valence-corrected chi connectivity index (χ4v) is 6.13. The second-order valence-corrected chi connectivity index (χ2v) is 7.50. The predicted octanol–water partition coefficient (Wildman–Crippen LogP) is 2.38. The van der Waals surface area contributed by atoms with E-state index >= 15 is 0 Å². The third kappa shape index (κ3) is 1.35. The lowest BCUT2D eigenvalue weighted by molar-refractivity contribution is 0.0298. The van der Waals surface area contributed by atoms with E-state index in [-0.39, 0.29) is 5.41 Å². The van der Waals surface area contributed by atoms with E-state index in [2.05, 4.69) is 47.5 Å². The maximum atomic E-state index is 10.2. The van der Waals surface area contributed by atoms with Crippen LogP contribution in [-0.2, 0) is 5.41 Å². The van der Waals surface area contributed by atoms with Crippen LogP contribution in [-0.4, -0.2) is 41.8 Å². The quantitative estimate of drug-likeness (QED) is 0.781. The van der Waals surface area contributed by atoms with Crippen molar-refractivity contribution in [3.8, 4) is 0 Å². The Hall–Kier alpha value is -1.32. The van der Waals surface area contributed by atoms with Crippen molar-refractivity contribution >= 4 is 5.69 Å². The molecule has 5 atom stereocenters. The largest absolute Gasteiger partial charge is 0.396 e. The Kier molecular flexibility index (Phi) is 2.61. The van der Waals surface area contributed by atoms with Gasteiger partial charge >= 0.3 is 0 Å². The van der Waals surface area contributed by atoms with Crippen molar-refractivity contribution in [2.45, 2.75) is 37.3 Å². The number of aliphatic hydroxyl groups excluding tert-OH is 1. The van der Waals surface area contributed by atoms with E-state index in [9.17, 15) is 5.11 Å². The van der Waals surface area contributed by atoms with Crippen LogP contribution in [0.2, 0.25) is 0 Å². The van der Waals surface area contributed by atoms with Gasteiger partial charge in [0.2, 0.25) is 0 Å². The second kappa shape index (κ2) is 4.36. The van der Waals surface area contributed by atoms with Crippen LogP contribution in [0.4, 0.5) is 5.69 Å². The van der Waals surface area contributed by atoms with Crippen molar-refractivity contribution in [2.24, 2.45) is 11.8 Å². The Morgan fingerprint density at radius 2 is 2.27 bits per heavy atom. The Morgan fingerprint density at radius 3 is 3.09 bits per heavy atom. The van der Waals surface area contributed by atoms with Gasteiger partial charge in [-0.15, -0.1) is 0 Å². The minimum absolute atomic E-state index is 0.222. The normalized spacial score (nSPS) is 43.8. The molecule has 3 heteroatoms. The molecule has 0 amide bonds. The first kappa shape index (κ1) is 13.1. The van der Waals surface area contributed by atoms with Gasteiger partial charge in [-0.1, -0.05) is 29.8 Å². The number of nitrogens with one attached hydrogen (secondary N) is 1. The third-order valence-electron chi connectivity index (χ3n) is 7.01. The SMILES string of the molecule is C/C=C1\CN2CC[C@]34c5ccccc5N[C@@H]3[C@H](CO)[C@H]1C[C@@H]24. The highest BCUT2D eigenvalue weighted by molar-refractivity contribution is 5.65. The van der Waals surface area contributed by atoms with Crippen molar-refractivity contribution in [3.05, 3.63) is 41.5 Å². The summed E-state index contributed by atoms with van der Waals surface area (Å²) in [7, 11) is 0. The molecular formula is C19H24N2O. The number of rotatable bonds is 1. The second-order valence-electron chi connectivity index (χ2n) is 7.50. The number of nitrogens with zero attached hydrogens (tertiary/aromatic N) is 1. The van der Waals surface area contributed by atoms with Crippen LogP contribution < -0.4 is 5.32 Å². The number of benzene rings is 1. The van der Waals surface area contributed by atoms with E-state index in [0.717, 1.165) is 6.54 Å². The van der Waals surface area contributed by atoms with Crippen LogP contribution in [0.3, 0.4) is 0 Å². The van der Waals surface area contributed by atoms with Crippen molar-refractivity contribution in [1.29, 1.82) is 0 Å². The maximum absolute atomic E-state index is 10.2. The minimum atomic E-state index is 0.222. The molecule has 5 rings (SSSR count). The van der Waals surface area contributed by atoms with Crippen LogP contribution in [0.1, 0.15) is 25.3 Å². The number of hydrogen-bond acceptors (Lipinski definition) is 3. The molecule has 116 valence electrons. The van der Waals surface area contributed by atoms with Gasteiger partial charge in [-0.05, 0) is 43.9 Å². The highest BCUT2D eigenvalue weighted by Crippen LogP contribution is 2.60. The predicted molar refractivity (Wildman–Crippen MR) is 87.9 cm³/mol. The molecule has 22 heavy (non-hydrogen) atoms. The summed E-state index contributed by atoms with van der Waals surface area (Å²) in [6.07, 6.45) is 4.75. The van der Waals surface area contributed by atoms with Crippen molar-refractivity contribution < 1.29 is 5.11 Å². The zero-order valence-electron chi connectivity index (χ0n) is 13.1. The molecule has 3 nitrogen and oxygen atoms in total. The van der Waals surface area contributed by atoms with E-state index in [0.29, 0.717) is 30.5 Å². The molecule has 3 heterocycles. The van der Waals surface area contributed by atoms with Crippen LogP contribution in [0.5, 0.6) is 0 Å². The average Bonchev–Trinajstić information content (AvgIpc) is 3.11. The molecule has 1 aliphatic carbocycles. The van der Waals surface area contributed by atoms with E-state index in [1.807, 2.05) is 0 Å². The zero-order valence-corrected chi connectivity index (χ0v) is 13.1. The summed E-state index contributed by atoms with van der Waals surface area (Å²) in [6.45, 7) is 4.76. The van der Waals surface area contributed by atoms with Crippen LogP contribution in [0.15, 0.2) is 35.9 Å². The van der Waals surface area contributed by atoms with Gasteiger partial charge in [-0.2, -0.15) is 0 Å². The first-order chi connectivity index (χ1) is 10.8. The summed E-state index contributed by atoms with van der Waals surface area (Å²) in [4.78, 5) is 2.70. The van der Waals surface area contributed by atoms with Gasteiger partial charge in [0.15, 0.2) is 0 Å². The Balaban J connectivity index is 1.71. The van der Waals surface area contributed by atoms with Crippen LogP contribution in [0, 0.1) is 11.8 Å². The van der Waals surface area contributed by atoms with E-state index in [1.54, 1.807) is 5.57 Å². The molecule has 1 aromatic carbocycles. The van der Waals surface area contributed by atoms with Crippen molar-refractivity contribution in [3.63, 3.8) is 0 Å². The fraction of sp³-hybridized carbons (Fsp3) is 0.579. The maximum Gasteiger partial charge on any atom is 0.0484 e. The lowest BCUT2D eigenvalue weighted by atomic mass is 9.56. The van der Waals surface area contributed by atoms with Gasteiger partial charge in [0, 0.05) is 42.3 Å². The van der Waals surface area contributed by atoms with Gasteiger partial charge in [-0.3, -0.25) is 4.90 Å². The third-order valence-corrected chi connectivity index (χ3v) is 7.01. The highest BCUT2D eigenvalue weighted by Gasteiger charge is 2.64. The Morgan fingerprint density at radius 1 is 1.41 bits per heavy atom. The summed E-state index contributed by atoms with van der Waals surface area (Å²) in [5.41, 5.74) is 4.58. The Bertz CT molecular complexity index is 655. The van der Waals surface area contributed by atoms with Crippen LogP contribution >= 0.6 is 0 Å². The van der Waals surface area contributed by atoms with Crippen molar-refractivity contribution in [1.82, 2.24) is 4.90 Å². The summed E-state index contributed by atoms with van der Waals surface area (Å²) in [5.74, 6) is 0.893. The summed E-state index contributed by atoms with van der Waals surface area (Å²) < 4.78 is 0. The van der Waals surface area contributed by atoms with E-state index in [1.165, 1.54) is 30.6 Å². The molecule has 2 bridgehead atoms. The summed E-state index contributed by atoms with van der Waals surface area (Å²) >= 11 is 0. The first-order valence-electron chi connectivity index (χ1n) is 8.65. The molecule has 1 spiro atoms. The number of fused-ring (bicyclic) bond motifs is 2. The number of allylic oxidation sites excluding steroid dienone is 1. The highest BCUT2D eigenvalue weighted by atomic mass is 16.3. The number of aliphatic hydroxyl groups is 1. The molecule has 0 radical (unpaired) electrons. The van der Waals surface area contributed by atoms with Crippen LogP contribution in [0.25, 0.3) is 0 Å². The van der Waals surface area contributed by atoms with Crippen molar-refractivity contribution in [2.75, 3.05) is 25.0 Å². The molecule has 2 saturated heterocycles. The molecule has 0 aromatic heterocycles. The summed E-state index contributed by atoms with van der Waals surface area (Å²) in [6, 6.07) is 9.89. The molecule has 3 fully saturated rings. The Labute approximate surface area is 132 Å². The molecule has 2 N–H and O–H groups in total. The zero-order chi connectivity index (χ0) is 14.9. The first-order valence-corrected chi connectivity index (χ1v) is 8.65. The average molecular weight is 296 g/mol. The number of hydrogen-bond donors (Lipinski definition) is 2. The van der Waals surface area contributed by atoms with Gasteiger partial charge in [0.25, 0.3) is 0 Å². The summed E-state index contributed by atoms with van der Waals surface area (Å²) in [5, 5.41) is 14.0.